The third-order valence-corrected chi connectivity index (χ3v) is 4.35. The van der Waals surface area contributed by atoms with Gasteiger partial charge in [-0.3, -0.25) is 19.4 Å². The molecule has 0 atom stereocenters. The van der Waals surface area contributed by atoms with Gasteiger partial charge in [0.2, 0.25) is 6.41 Å². The molecule has 3 rings (SSSR count). The van der Waals surface area contributed by atoms with Crippen molar-refractivity contribution in [2.75, 3.05) is 38.6 Å². The Morgan fingerprint density at radius 3 is 2.37 bits per heavy atom. The van der Waals surface area contributed by atoms with Crippen molar-refractivity contribution in [1.82, 2.24) is 14.8 Å². The first-order valence-corrected chi connectivity index (χ1v) is 8.50. The number of nitrogens with one attached hydrogen (secondary N) is 1. The lowest BCUT2D eigenvalue weighted by Gasteiger charge is -2.32. The summed E-state index contributed by atoms with van der Waals surface area (Å²) >= 11 is 0. The van der Waals surface area contributed by atoms with E-state index >= 15 is 0 Å². The van der Waals surface area contributed by atoms with Crippen LogP contribution in [0.1, 0.15) is 20.7 Å². The van der Waals surface area contributed by atoms with Crippen molar-refractivity contribution in [2.24, 2.45) is 0 Å². The zero-order valence-corrected chi connectivity index (χ0v) is 14.9. The first kappa shape index (κ1) is 18.4. The van der Waals surface area contributed by atoms with E-state index < -0.39 is 0 Å². The number of nitrogens with zero attached hydrogens (tertiary/aromatic N) is 3. The zero-order valence-electron chi connectivity index (χ0n) is 14.9. The summed E-state index contributed by atoms with van der Waals surface area (Å²) in [5, 5.41) is 2.76. The third-order valence-electron chi connectivity index (χ3n) is 4.35. The number of aromatic nitrogens is 1. The Morgan fingerprint density at radius 2 is 1.74 bits per heavy atom. The standard InChI is InChI=1S/C19H20N4O4/c1-27-17-4-2-16(3-5-17)21-18(25)14-10-15(12-20-11-14)19(26)23-8-6-22(13-24)7-9-23/h2-5,10-13H,6-9H2,1H3,(H,21,25). The van der Waals surface area contributed by atoms with E-state index in [1.54, 1.807) is 41.2 Å². The van der Waals surface area contributed by atoms with E-state index in [-0.39, 0.29) is 11.8 Å². The third kappa shape index (κ3) is 4.41. The molecule has 0 saturated carbocycles. The Morgan fingerprint density at radius 1 is 1.07 bits per heavy atom. The van der Waals surface area contributed by atoms with Crippen molar-refractivity contribution in [3.8, 4) is 5.75 Å². The molecule has 3 amide bonds. The number of benzene rings is 1. The Balaban J connectivity index is 1.68. The van der Waals surface area contributed by atoms with E-state index in [2.05, 4.69) is 10.3 Å². The number of rotatable bonds is 5. The molecule has 140 valence electrons. The van der Waals surface area contributed by atoms with Crippen LogP contribution in [0.4, 0.5) is 5.69 Å². The maximum atomic E-state index is 12.6. The monoisotopic (exact) mass is 368 g/mol. The molecule has 1 saturated heterocycles. The van der Waals surface area contributed by atoms with Crippen LogP contribution in [0.3, 0.4) is 0 Å². The highest BCUT2D eigenvalue weighted by atomic mass is 16.5. The van der Waals surface area contributed by atoms with Crippen molar-refractivity contribution in [1.29, 1.82) is 0 Å². The summed E-state index contributed by atoms with van der Waals surface area (Å²) in [5.74, 6) is 0.136. The molecule has 0 unspecified atom stereocenters. The van der Waals surface area contributed by atoms with Gasteiger partial charge in [0.05, 0.1) is 18.2 Å². The molecule has 2 heterocycles. The average molecular weight is 368 g/mol. The van der Waals surface area contributed by atoms with Gasteiger partial charge in [-0.05, 0) is 30.3 Å². The van der Waals surface area contributed by atoms with E-state index in [1.165, 1.54) is 18.5 Å². The van der Waals surface area contributed by atoms with Crippen LogP contribution in [0.5, 0.6) is 5.75 Å². The van der Waals surface area contributed by atoms with Gasteiger partial charge in [-0.2, -0.15) is 0 Å². The maximum absolute atomic E-state index is 12.6. The van der Waals surface area contributed by atoms with Gasteiger partial charge in [0.25, 0.3) is 11.8 Å². The predicted octanol–water partition coefficient (Wildman–Crippen LogP) is 1.26. The fourth-order valence-corrected chi connectivity index (χ4v) is 2.77. The van der Waals surface area contributed by atoms with E-state index in [0.29, 0.717) is 48.7 Å². The highest BCUT2D eigenvalue weighted by Gasteiger charge is 2.22. The van der Waals surface area contributed by atoms with Crippen LogP contribution >= 0.6 is 0 Å². The highest BCUT2D eigenvalue weighted by molar-refractivity contribution is 6.05. The molecular formula is C19H20N4O4. The second kappa shape index (κ2) is 8.31. The van der Waals surface area contributed by atoms with Crippen LogP contribution in [0.2, 0.25) is 0 Å². The Hall–Kier alpha value is -3.42. The van der Waals surface area contributed by atoms with Gasteiger partial charge in [-0.15, -0.1) is 0 Å². The largest absolute Gasteiger partial charge is 0.497 e. The molecule has 1 N–H and O–H groups in total. The number of ether oxygens (including phenoxy) is 1. The Labute approximate surface area is 156 Å². The number of carbonyl (C=O) groups excluding carboxylic acids is 3. The molecule has 2 aromatic rings. The van der Waals surface area contributed by atoms with Crippen molar-refractivity contribution in [3.05, 3.63) is 53.9 Å². The van der Waals surface area contributed by atoms with E-state index in [1.807, 2.05) is 0 Å². The topological polar surface area (TPSA) is 91.8 Å². The van der Waals surface area contributed by atoms with Gasteiger partial charge in [-0.1, -0.05) is 0 Å². The first-order valence-electron chi connectivity index (χ1n) is 8.50. The first-order chi connectivity index (χ1) is 13.1. The van der Waals surface area contributed by atoms with Crippen LogP contribution in [-0.4, -0.2) is 66.3 Å². The lowest BCUT2D eigenvalue weighted by molar-refractivity contribution is -0.119. The summed E-state index contributed by atoms with van der Waals surface area (Å²) in [6.07, 6.45) is 3.64. The van der Waals surface area contributed by atoms with Gasteiger partial charge in [0.15, 0.2) is 0 Å². The number of carbonyl (C=O) groups is 3. The second-order valence-electron chi connectivity index (χ2n) is 6.08. The number of piperazine rings is 1. The molecule has 0 bridgehead atoms. The minimum atomic E-state index is -0.354. The Kier molecular flexibility index (Phi) is 5.65. The molecule has 1 aliphatic rings. The van der Waals surface area contributed by atoms with Crippen LogP contribution in [0.25, 0.3) is 0 Å². The molecule has 0 radical (unpaired) electrons. The normalized spacial score (nSPS) is 13.8. The molecule has 8 heteroatoms. The van der Waals surface area contributed by atoms with Crippen molar-refractivity contribution in [2.45, 2.75) is 0 Å². The smallest absolute Gasteiger partial charge is 0.257 e. The van der Waals surface area contributed by atoms with Gasteiger partial charge in [0, 0.05) is 44.3 Å². The number of hydrogen-bond acceptors (Lipinski definition) is 5. The minimum Gasteiger partial charge on any atom is -0.497 e. The molecule has 1 aliphatic heterocycles. The molecule has 27 heavy (non-hydrogen) atoms. The minimum absolute atomic E-state index is 0.202. The zero-order chi connectivity index (χ0) is 19.2. The van der Waals surface area contributed by atoms with E-state index in [9.17, 15) is 14.4 Å². The lowest BCUT2D eigenvalue weighted by atomic mass is 10.1. The second-order valence-corrected chi connectivity index (χ2v) is 6.08. The average Bonchev–Trinajstić information content (AvgIpc) is 2.74. The summed E-state index contributed by atoms with van der Waals surface area (Å²) in [6, 6.07) is 8.47. The molecular weight excluding hydrogens is 348 g/mol. The van der Waals surface area contributed by atoms with E-state index in [4.69, 9.17) is 4.74 Å². The molecule has 0 aliphatic carbocycles. The van der Waals surface area contributed by atoms with Crippen LogP contribution in [-0.2, 0) is 4.79 Å². The number of anilines is 1. The molecule has 1 aromatic heterocycles. The highest BCUT2D eigenvalue weighted by Crippen LogP contribution is 2.16. The fraction of sp³-hybridized carbons (Fsp3) is 0.263. The van der Waals surface area contributed by atoms with Gasteiger partial charge in [-0.25, -0.2) is 0 Å². The number of methoxy groups -OCH3 is 1. The summed E-state index contributed by atoms with van der Waals surface area (Å²) < 4.78 is 5.09. The number of pyridine rings is 1. The van der Waals surface area contributed by atoms with Crippen LogP contribution in [0.15, 0.2) is 42.7 Å². The summed E-state index contributed by atoms with van der Waals surface area (Å²) in [4.78, 5) is 43.2. The summed E-state index contributed by atoms with van der Waals surface area (Å²) in [6.45, 7) is 1.92. The van der Waals surface area contributed by atoms with Crippen molar-refractivity contribution < 1.29 is 19.1 Å². The number of hydrogen-bond donors (Lipinski definition) is 1. The van der Waals surface area contributed by atoms with Crippen LogP contribution in [0, 0.1) is 0 Å². The van der Waals surface area contributed by atoms with Crippen molar-refractivity contribution >= 4 is 23.9 Å². The Bertz CT molecular complexity index is 830. The van der Waals surface area contributed by atoms with Gasteiger partial charge < -0.3 is 19.9 Å². The number of amides is 3. The lowest BCUT2D eigenvalue weighted by Crippen LogP contribution is -2.48. The van der Waals surface area contributed by atoms with Crippen molar-refractivity contribution in [3.63, 3.8) is 0 Å². The summed E-state index contributed by atoms with van der Waals surface area (Å²) in [5.41, 5.74) is 1.25. The molecule has 1 aromatic carbocycles. The quantitative estimate of drug-likeness (QED) is 0.802. The SMILES string of the molecule is COc1ccc(NC(=O)c2cncc(C(=O)N3CCN(C=O)CC3)c2)cc1. The fourth-order valence-electron chi connectivity index (χ4n) is 2.77. The molecule has 0 spiro atoms. The molecule has 8 nitrogen and oxygen atoms in total. The van der Waals surface area contributed by atoms with Gasteiger partial charge in [0.1, 0.15) is 5.75 Å². The van der Waals surface area contributed by atoms with Gasteiger partial charge >= 0.3 is 0 Å². The maximum Gasteiger partial charge on any atom is 0.257 e. The summed E-state index contributed by atoms with van der Waals surface area (Å²) in [7, 11) is 1.57. The predicted molar refractivity (Wildman–Crippen MR) is 98.7 cm³/mol. The molecule has 1 fully saturated rings. The van der Waals surface area contributed by atoms with E-state index in [0.717, 1.165) is 6.41 Å². The van der Waals surface area contributed by atoms with Crippen LogP contribution < -0.4 is 10.1 Å².